The van der Waals surface area contributed by atoms with Gasteiger partial charge >= 0.3 is 0 Å². The molecule has 0 saturated carbocycles. The maximum absolute atomic E-state index is 4.11. The zero-order valence-corrected chi connectivity index (χ0v) is 10.5. The molecule has 0 unspecified atom stereocenters. The fourth-order valence-electron chi connectivity index (χ4n) is 1.88. The maximum Gasteiger partial charge on any atom is 0.0950 e. The van der Waals surface area contributed by atoms with Gasteiger partial charge in [0.25, 0.3) is 0 Å². The predicted octanol–water partition coefficient (Wildman–Crippen LogP) is 3.48. The highest BCUT2D eigenvalue weighted by molar-refractivity contribution is 5.90. The number of fused-ring (bicyclic) bond motifs is 1. The lowest BCUT2D eigenvalue weighted by Gasteiger charge is -2.09. The van der Waals surface area contributed by atoms with Crippen LogP contribution in [0, 0.1) is 5.92 Å². The van der Waals surface area contributed by atoms with E-state index in [1.807, 2.05) is 18.2 Å². The first-order valence-corrected chi connectivity index (χ1v) is 6.21. The Morgan fingerprint density at radius 2 is 2.06 bits per heavy atom. The lowest BCUT2D eigenvalue weighted by molar-refractivity contribution is 0.567. The van der Waals surface area contributed by atoms with Gasteiger partial charge in [-0.1, -0.05) is 32.0 Å². The number of hydrogen-bond acceptors (Lipinski definition) is 3. The van der Waals surface area contributed by atoms with Crippen LogP contribution in [-0.4, -0.2) is 16.7 Å². The van der Waals surface area contributed by atoms with Gasteiger partial charge < -0.3 is 5.32 Å². The lowest BCUT2D eigenvalue weighted by Crippen LogP contribution is -2.04. The number of rotatable bonds is 5. The van der Waals surface area contributed by atoms with E-state index in [1.165, 1.54) is 12.8 Å². The summed E-state index contributed by atoms with van der Waals surface area (Å²) in [5, 5.41) is 12.7. The minimum absolute atomic E-state index is 0.768. The topological polar surface area (TPSA) is 37.8 Å². The molecule has 2 rings (SSSR count). The van der Waals surface area contributed by atoms with Gasteiger partial charge in [0.2, 0.25) is 0 Å². The van der Waals surface area contributed by atoms with E-state index in [2.05, 4.69) is 35.4 Å². The summed E-state index contributed by atoms with van der Waals surface area (Å²) in [6.45, 7) is 5.50. The Kier molecular flexibility index (Phi) is 3.91. The minimum atomic E-state index is 0.768. The zero-order chi connectivity index (χ0) is 12.1. The summed E-state index contributed by atoms with van der Waals surface area (Å²) >= 11 is 0. The van der Waals surface area contributed by atoms with Crippen molar-refractivity contribution in [3.63, 3.8) is 0 Å². The molecule has 2 aromatic rings. The molecule has 0 atom stereocenters. The van der Waals surface area contributed by atoms with E-state index in [-0.39, 0.29) is 0 Å². The van der Waals surface area contributed by atoms with Gasteiger partial charge in [-0.2, -0.15) is 10.2 Å². The summed E-state index contributed by atoms with van der Waals surface area (Å²) in [7, 11) is 0. The highest BCUT2D eigenvalue weighted by atomic mass is 15.1. The molecule has 0 aliphatic rings. The second-order valence-electron chi connectivity index (χ2n) is 4.74. The molecule has 1 N–H and O–H groups in total. The van der Waals surface area contributed by atoms with Gasteiger partial charge in [-0.15, -0.1) is 0 Å². The smallest absolute Gasteiger partial charge is 0.0950 e. The van der Waals surface area contributed by atoms with Gasteiger partial charge in [0, 0.05) is 11.9 Å². The van der Waals surface area contributed by atoms with E-state index in [4.69, 9.17) is 0 Å². The lowest BCUT2D eigenvalue weighted by atomic mass is 10.1. The molecule has 1 aromatic heterocycles. The van der Waals surface area contributed by atoms with Crippen LogP contribution in [0.2, 0.25) is 0 Å². The first kappa shape index (κ1) is 11.8. The quantitative estimate of drug-likeness (QED) is 0.798. The Hall–Kier alpha value is -1.64. The number of hydrogen-bond donors (Lipinski definition) is 1. The largest absolute Gasteiger partial charge is 0.383 e. The molecule has 1 heterocycles. The fourth-order valence-corrected chi connectivity index (χ4v) is 1.88. The molecular formula is C14H19N3. The van der Waals surface area contributed by atoms with Crippen molar-refractivity contribution in [2.45, 2.75) is 26.7 Å². The third kappa shape index (κ3) is 3.16. The number of aromatic nitrogens is 2. The molecule has 3 heteroatoms. The SMILES string of the molecule is CC(C)CCCNc1cnnc2ccccc12. The molecule has 90 valence electrons. The van der Waals surface area contributed by atoms with Gasteiger partial charge in [-0.25, -0.2) is 0 Å². The summed E-state index contributed by atoms with van der Waals surface area (Å²) in [6, 6.07) is 8.08. The van der Waals surface area contributed by atoms with Crippen LogP contribution in [0.1, 0.15) is 26.7 Å². The molecule has 0 fully saturated rings. The van der Waals surface area contributed by atoms with Crippen LogP contribution in [0.15, 0.2) is 30.5 Å². The van der Waals surface area contributed by atoms with Crippen molar-refractivity contribution in [3.8, 4) is 0 Å². The van der Waals surface area contributed by atoms with E-state index >= 15 is 0 Å². The first-order valence-electron chi connectivity index (χ1n) is 6.21. The summed E-state index contributed by atoms with van der Waals surface area (Å²) < 4.78 is 0. The van der Waals surface area contributed by atoms with Gasteiger partial charge in [0.15, 0.2) is 0 Å². The Morgan fingerprint density at radius 1 is 1.24 bits per heavy atom. The number of benzene rings is 1. The van der Waals surface area contributed by atoms with Gasteiger partial charge in [0.05, 0.1) is 17.4 Å². The summed E-state index contributed by atoms with van der Waals surface area (Å²) in [6.07, 6.45) is 4.25. The standard InChI is InChI=1S/C14H19N3/c1-11(2)6-5-9-15-14-10-16-17-13-8-4-3-7-12(13)14/h3-4,7-8,10-11H,5-6,9H2,1-2H3,(H,15,17). The Labute approximate surface area is 102 Å². The monoisotopic (exact) mass is 229 g/mol. The molecular weight excluding hydrogens is 210 g/mol. The van der Waals surface area contributed by atoms with Gasteiger partial charge in [-0.05, 0) is 24.8 Å². The van der Waals surface area contributed by atoms with Gasteiger partial charge in [0.1, 0.15) is 0 Å². The van der Waals surface area contributed by atoms with Crippen molar-refractivity contribution in [1.29, 1.82) is 0 Å². The van der Waals surface area contributed by atoms with E-state index < -0.39 is 0 Å². The highest BCUT2D eigenvalue weighted by Gasteiger charge is 2.01. The maximum atomic E-state index is 4.11. The van der Waals surface area contributed by atoms with E-state index in [0.717, 1.165) is 29.1 Å². The van der Waals surface area contributed by atoms with Crippen LogP contribution < -0.4 is 5.32 Å². The molecule has 0 amide bonds. The number of nitrogens with zero attached hydrogens (tertiary/aromatic N) is 2. The molecule has 3 nitrogen and oxygen atoms in total. The average molecular weight is 229 g/mol. The second-order valence-corrected chi connectivity index (χ2v) is 4.74. The van der Waals surface area contributed by atoms with Crippen LogP contribution in [0.5, 0.6) is 0 Å². The Bertz CT molecular complexity index is 474. The number of anilines is 1. The van der Waals surface area contributed by atoms with Crippen molar-refractivity contribution in [1.82, 2.24) is 10.2 Å². The minimum Gasteiger partial charge on any atom is -0.383 e. The second kappa shape index (κ2) is 5.62. The molecule has 0 saturated heterocycles. The van der Waals surface area contributed by atoms with Crippen LogP contribution >= 0.6 is 0 Å². The van der Waals surface area contributed by atoms with Crippen LogP contribution in [0.25, 0.3) is 10.9 Å². The molecule has 0 spiro atoms. The Balaban J connectivity index is 2.03. The molecule has 0 aliphatic carbocycles. The van der Waals surface area contributed by atoms with Crippen LogP contribution in [0.3, 0.4) is 0 Å². The number of nitrogens with one attached hydrogen (secondary N) is 1. The molecule has 0 bridgehead atoms. The highest BCUT2D eigenvalue weighted by Crippen LogP contribution is 2.19. The summed E-state index contributed by atoms with van der Waals surface area (Å²) in [5.41, 5.74) is 2.03. The van der Waals surface area contributed by atoms with Crippen molar-refractivity contribution in [2.24, 2.45) is 5.92 Å². The van der Waals surface area contributed by atoms with Crippen molar-refractivity contribution in [3.05, 3.63) is 30.5 Å². The van der Waals surface area contributed by atoms with Crippen molar-refractivity contribution >= 4 is 16.6 Å². The van der Waals surface area contributed by atoms with E-state index in [9.17, 15) is 0 Å². The van der Waals surface area contributed by atoms with Crippen molar-refractivity contribution in [2.75, 3.05) is 11.9 Å². The van der Waals surface area contributed by atoms with E-state index in [0.29, 0.717) is 0 Å². The third-order valence-electron chi connectivity index (χ3n) is 2.82. The normalized spacial score (nSPS) is 11.0. The third-order valence-corrected chi connectivity index (χ3v) is 2.82. The van der Waals surface area contributed by atoms with Gasteiger partial charge in [-0.3, -0.25) is 0 Å². The van der Waals surface area contributed by atoms with Crippen LogP contribution in [-0.2, 0) is 0 Å². The Morgan fingerprint density at radius 3 is 2.88 bits per heavy atom. The molecule has 17 heavy (non-hydrogen) atoms. The van der Waals surface area contributed by atoms with Crippen molar-refractivity contribution < 1.29 is 0 Å². The zero-order valence-electron chi connectivity index (χ0n) is 10.5. The van der Waals surface area contributed by atoms with E-state index in [1.54, 1.807) is 6.20 Å². The predicted molar refractivity (Wildman–Crippen MR) is 72.1 cm³/mol. The average Bonchev–Trinajstić information content (AvgIpc) is 2.34. The van der Waals surface area contributed by atoms with Crippen LogP contribution in [0.4, 0.5) is 5.69 Å². The molecule has 0 aliphatic heterocycles. The first-order chi connectivity index (χ1) is 8.27. The summed E-state index contributed by atoms with van der Waals surface area (Å²) in [5.74, 6) is 0.768. The molecule has 1 aromatic carbocycles. The fraction of sp³-hybridized carbons (Fsp3) is 0.429. The summed E-state index contributed by atoms with van der Waals surface area (Å²) in [4.78, 5) is 0. The molecule has 0 radical (unpaired) electrons.